The molecule has 5 heteroatoms. The van der Waals surface area contributed by atoms with Crippen LogP contribution in [-0.4, -0.2) is 36.1 Å². The molecule has 82 valence electrons. The lowest BCUT2D eigenvalue weighted by Crippen LogP contribution is -2.28. The Morgan fingerprint density at radius 2 is 2.13 bits per heavy atom. The van der Waals surface area contributed by atoms with Gasteiger partial charge in [0.1, 0.15) is 12.4 Å². The molecule has 0 saturated heterocycles. The summed E-state index contributed by atoms with van der Waals surface area (Å²) in [5.74, 6) is 0.440. The van der Waals surface area contributed by atoms with Crippen LogP contribution in [0.25, 0.3) is 0 Å². The van der Waals surface area contributed by atoms with Crippen LogP contribution < -0.4 is 4.90 Å². The van der Waals surface area contributed by atoms with Crippen molar-refractivity contribution >= 4 is 11.8 Å². The van der Waals surface area contributed by atoms with Crippen LogP contribution in [0.15, 0.2) is 12.4 Å². The van der Waals surface area contributed by atoms with Crippen molar-refractivity contribution in [2.24, 2.45) is 0 Å². The van der Waals surface area contributed by atoms with Gasteiger partial charge in [0.25, 0.3) is 0 Å². The van der Waals surface area contributed by atoms with E-state index in [1.54, 1.807) is 31.3 Å². The van der Waals surface area contributed by atoms with E-state index in [2.05, 4.69) is 9.97 Å². The van der Waals surface area contributed by atoms with Gasteiger partial charge in [-0.15, -0.1) is 0 Å². The van der Waals surface area contributed by atoms with E-state index in [4.69, 9.17) is 4.74 Å². The summed E-state index contributed by atoms with van der Waals surface area (Å²) in [7, 11) is 1.79. The number of ether oxygens (including phenoxy) is 1. The maximum absolute atomic E-state index is 11.2. The molecule has 0 aliphatic carbocycles. The molecule has 0 atom stereocenters. The summed E-state index contributed by atoms with van der Waals surface area (Å²) in [5.41, 5.74) is 0.796. The first kappa shape index (κ1) is 11.4. The van der Waals surface area contributed by atoms with Gasteiger partial charge >= 0.3 is 5.97 Å². The topological polar surface area (TPSA) is 55.3 Å². The van der Waals surface area contributed by atoms with E-state index in [1.807, 2.05) is 6.92 Å². The highest BCUT2D eigenvalue weighted by Gasteiger charge is 2.11. The summed E-state index contributed by atoms with van der Waals surface area (Å²) in [6.45, 7) is 4.22. The number of rotatable bonds is 4. The van der Waals surface area contributed by atoms with Gasteiger partial charge in [-0.05, 0) is 13.8 Å². The van der Waals surface area contributed by atoms with Crippen LogP contribution in [0.4, 0.5) is 5.82 Å². The SMILES string of the molecule is CCOC(=O)CN(C)c1nccnc1C. The average Bonchev–Trinajstić information content (AvgIpc) is 2.18. The summed E-state index contributed by atoms with van der Waals surface area (Å²) >= 11 is 0. The van der Waals surface area contributed by atoms with Gasteiger partial charge < -0.3 is 9.64 Å². The van der Waals surface area contributed by atoms with Crippen LogP contribution in [0.1, 0.15) is 12.6 Å². The molecule has 5 nitrogen and oxygen atoms in total. The number of hydrogen-bond acceptors (Lipinski definition) is 5. The molecule has 1 aromatic heterocycles. The highest BCUT2D eigenvalue weighted by Crippen LogP contribution is 2.10. The van der Waals surface area contributed by atoms with Gasteiger partial charge in [0.05, 0.1) is 12.3 Å². The minimum atomic E-state index is -0.259. The largest absolute Gasteiger partial charge is 0.465 e. The third-order valence-corrected chi connectivity index (χ3v) is 1.89. The Labute approximate surface area is 89.1 Å². The van der Waals surface area contributed by atoms with Gasteiger partial charge in [-0.1, -0.05) is 0 Å². The number of likely N-dealkylation sites (N-methyl/N-ethyl adjacent to an activating group) is 1. The molecule has 0 radical (unpaired) electrons. The molecule has 0 saturated carbocycles. The van der Waals surface area contributed by atoms with Crippen LogP contribution in [0, 0.1) is 6.92 Å². The molecule has 0 spiro atoms. The Morgan fingerprint density at radius 1 is 1.47 bits per heavy atom. The summed E-state index contributed by atoms with van der Waals surface area (Å²) in [4.78, 5) is 21.2. The molecule has 0 amide bonds. The van der Waals surface area contributed by atoms with Gasteiger partial charge in [0.2, 0.25) is 0 Å². The van der Waals surface area contributed by atoms with E-state index in [9.17, 15) is 4.79 Å². The Balaban J connectivity index is 2.65. The van der Waals surface area contributed by atoms with E-state index in [-0.39, 0.29) is 12.5 Å². The molecule has 1 rings (SSSR count). The fraction of sp³-hybridized carbons (Fsp3) is 0.500. The van der Waals surface area contributed by atoms with Crippen molar-refractivity contribution < 1.29 is 9.53 Å². The van der Waals surface area contributed by atoms with Crippen molar-refractivity contribution in [3.8, 4) is 0 Å². The zero-order chi connectivity index (χ0) is 11.3. The fourth-order valence-corrected chi connectivity index (χ4v) is 1.25. The van der Waals surface area contributed by atoms with Crippen LogP contribution in [0.3, 0.4) is 0 Å². The van der Waals surface area contributed by atoms with Crippen molar-refractivity contribution in [1.29, 1.82) is 0 Å². The third-order valence-electron chi connectivity index (χ3n) is 1.89. The molecule has 0 fully saturated rings. The van der Waals surface area contributed by atoms with E-state index in [0.29, 0.717) is 12.4 Å². The number of anilines is 1. The molecule has 0 bridgehead atoms. The van der Waals surface area contributed by atoms with Gasteiger partial charge in [-0.2, -0.15) is 0 Å². The number of aromatic nitrogens is 2. The van der Waals surface area contributed by atoms with Crippen molar-refractivity contribution in [3.05, 3.63) is 18.1 Å². The number of aryl methyl sites for hydroxylation is 1. The van der Waals surface area contributed by atoms with Crippen LogP contribution >= 0.6 is 0 Å². The van der Waals surface area contributed by atoms with E-state index < -0.39 is 0 Å². The monoisotopic (exact) mass is 209 g/mol. The van der Waals surface area contributed by atoms with Gasteiger partial charge in [0.15, 0.2) is 0 Å². The summed E-state index contributed by atoms with van der Waals surface area (Å²) < 4.78 is 4.85. The predicted octanol–water partition coefficient (Wildman–Crippen LogP) is 0.784. The molecule has 0 N–H and O–H groups in total. The Morgan fingerprint density at radius 3 is 2.73 bits per heavy atom. The Bertz CT molecular complexity index is 341. The lowest BCUT2D eigenvalue weighted by Gasteiger charge is -2.17. The van der Waals surface area contributed by atoms with Crippen molar-refractivity contribution in [1.82, 2.24) is 9.97 Å². The first-order chi connectivity index (χ1) is 7.15. The molecular formula is C10H15N3O2. The number of carbonyl (C=O) groups is 1. The summed E-state index contributed by atoms with van der Waals surface area (Å²) in [6, 6.07) is 0. The fourth-order valence-electron chi connectivity index (χ4n) is 1.25. The molecule has 0 unspecified atom stereocenters. The Hall–Kier alpha value is -1.65. The van der Waals surface area contributed by atoms with Gasteiger partial charge in [-0.25, -0.2) is 4.98 Å². The normalized spacial score (nSPS) is 9.80. The second-order valence-corrected chi connectivity index (χ2v) is 3.13. The van der Waals surface area contributed by atoms with Gasteiger partial charge in [0, 0.05) is 19.4 Å². The van der Waals surface area contributed by atoms with E-state index >= 15 is 0 Å². The summed E-state index contributed by atoms with van der Waals surface area (Å²) in [5, 5.41) is 0. The number of carbonyl (C=O) groups excluding carboxylic acids is 1. The van der Waals surface area contributed by atoms with Crippen molar-refractivity contribution in [2.75, 3.05) is 25.1 Å². The van der Waals surface area contributed by atoms with Crippen molar-refractivity contribution in [2.45, 2.75) is 13.8 Å². The van der Waals surface area contributed by atoms with Crippen LogP contribution in [-0.2, 0) is 9.53 Å². The number of nitrogens with zero attached hydrogens (tertiary/aromatic N) is 3. The quantitative estimate of drug-likeness (QED) is 0.686. The standard InChI is InChI=1S/C10H15N3O2/c1-4-15-9(14)7-13(3)10-8(2)11-5-6-12-10/h5-6H,4,7H2,1-3H3. The number of hydrogen-bond donors (Lipinski definition) is 0. The second kappa shape index (κ2) is 5.29. The molecular weight excluding hydrogens is 194 g/mol. The van der Waals surface area contributed by atoms with Gasteiger partial charge in [-0.3, -0.25) is 9.78 Å². The maximum atomic E-state index is 11.2. The van der Waals surface area contributed by atoms with E-state index in [1.165, 1.54) is 0 Å². The third kappa shape index (κ3) is 3.19. The molecule has 0 aromatic carbocycles. The zero-order valence-electron chi connectivity index (χ0n) is 9.23. The first-order valence-corrected chi connectivity index (χ1v) is 4.79. The van der Waals surface area contributed by atoms with Crippen LogP contribution in [0.2, 0.25) is 0 Å². The lowest BCUT2D eigenvalue weighted by molar-refractivity contribution is -0.141. The molecule has 15 heavy (non-hydrogen) atoms. The molecule has 1 aromatic rings. The average molecular weight is 209 g/mol. The lowest BCUT2D eigenvalue weighted by atomic mass is 10.4. The smallest absolute Gasteiger partial charge is 0.325 e. The molecule has 0 aliphatic heterocycles. The molecule has 1 heterocycles. The van der Waals surface area contributed by atoms with E-state index in [0.717, 1.165) is 5.69 Å². The Kier molecular flexibility index (Phi) is 4.03. The minimum Gasteiger partial charge on any atom is -0.465 e. The number of esters is 1. The highest BCUT2D eigenvalue weighted by molar-refractivity contribution is 5.75. The maximum Gasteiger partial charge on any atom is 0.325 e. The first-order valence-electron chi connectivity index (χ1n) is 4.79. The zero-order valence-corrected chi connectivity index (χ0v) is 9.23. The highest BCUT2D eigenvalue weighted by atomic mass is 16.5. The minimum absolute atomic E-state index is 0.188. The van der Waals surface area contributed by atoms with Crippen LogP contribution in [0.5, 0.6) is 0 Å². The predicted molar refractivity (Wildman–Crippen MR) is 56.7 cm³/mol. The molecule has 0 aliphatic rings. The summed E-state index contributed by atoms with van der Waals surface area (Å²) in [6.07, 6.45) is 3.22. The second-order valence-electron chi connectivity index (χ2n) is 3.13. The van der Waals surface area contributed by atoms with Crippen molar-refractivity contribution in [3.63, 3.8) is 0 Å².